The summed E-state index contributed by atoms with van der Waals surface area (Å²) in [4.78, 5) is 9.76. The Morgan fingerprint density at radius 2 is 2.20 bits per heavy atom. The van der Waals surface area contributed by atoms with Gasteiger partial charge in [-0.1, -0.05) is 6.92 Å². The first-order valence-electron chi connectivity index (χ1n) is 2.75. The van der Waals surface area contributed by atoms with Crippen molar-refractivity contribution >= 4 is 30.2 Å². The summed E-state index contributed by atoms with van der Waals surface area (Å²) in [7, 11) is 0. The van der Waals surface area contributed by atoms with E-state index in [9.17, 15) is 4.79 Å². The molecule has 1 atom stereocenters. The number of carboxylic acid groups (broad SMARTS) is 1. The Morgan fingerprint density at radius 3 is 2.20 bits per heavy atom. The highest BCUT2D eigenvalue weighted by Crippen LogP contribution is 1.80. The molecule has 0 bridgehead atoms. The Labute approximate surface area is 71.0 Å². The number of rotatable bonds is 2. The lowest BCUT2D eigenvalue weighted by molar-refractivity contribution is -0.137. The standard InChI is InChI=1S/C3H7NO2S.C2H5Cl/c4-2(1-7)3(5)6;1-2-3/h2,7H,1,4H2,(H,5,6);2H2,1H3/t2-;/m0./s1. The molecule has 0 heterocycles. The van der Waals surface area contributed by atoms with E-state index in [1.807, 2.05) is 6.92 Å². The minimum absolute atomic E-state index is 0.190. The first-order valence-corrected chi connectivity index (χ1v) is 3.92. The molecule has 0 aliphatic carbocycles. The van der Waals surface area contributed by atoms with Gasteiger partial charge in [-0.3, -0.25) is 4.79 Å². The van der Waals surface area contributed by atoms with Crippen LogP contribution < -0.4 is 5.73 Å². The minimum atomic E-state index is -1.00. The van der Waals surface area contributed by atoms with E-state index in [0.717, 1.165) is 5.88 Å². The van der Waals surface area contributed by atoms with Crippen molar-refractivity contribution in [2.75, 3.05) is 11.6 Å². The van der Waals surface area contributed by atoms with Crippen molar-refractivity contribution in [3.63, 3.8) is 0 Å². The molecule has 0 aliphatic heterocycles. The average Bonchev–Trinajstić information content (AvgIpc) is 1.88. The highest BCUT2D eigenvalue weighted by Gasteiger charge is 2.06. The number of alkyl halides is 1. The van der Waals surface area contributed by atoms with E-state index in [2.05, 4.69) is 12.6 Å². The summed E-state index contributed by atoms with van der Waals surface area (Å²) in [5.74, 6) is -0.0926. The topological polar surface area (TPSA) is 63.3 Å². The predicted molar refractivity (Wildman–Crippen MR) is 45.9 cm³/mol. The van der Waals surface area contributed by atoms with Gasteiger partial charge in [0, 0.05) is 11.6 Å². The molecule has 5 heteroatoms. The lowest BCUT2D eigenvalue weighted by atomic mass is 10.4. The van der Waals surface area contributed by atoms with Gasteiger partial charge < -0.3 is 10.8 Å². The van der Waals surface area contributed by atoms with Crippen molar-refractivity contribution in [1.29, 1.82) is 0 Å². The molecule has 0 aromatic rings. The molecular weight excluding hydrogens is 174 g/mol. The summed E-state index contributed by atoms with van der Waals surface area (Å²) in [5.41, 5.74) is 4.94. The molecule has 3 N–H and O–H groups in total. The van der Waals surface area contributed by atoms with Gasteiger partial charge in [-0.15, -0.1) is 11.6 Å². The van der Waals surface area contributed by atoms with Crippen molar-refractivity contribution in [2.45, 2.75) is 13.0 Å². The first-order chi connectivity index (χ1) is 4.59. The third-order valence-corrected chi connectivity index (χ3v) is 0.907. The monoisotopic (exact) mass is 185 g/mol. The van der Waals surface area contributed by atoms with Crippen LogP contribution in [-0.2, 0) is 4.79 Å². The fourth-order valence-corrected chi connectivity index (χ4v) is 0.234. The summed E-state index contributed by atoms with van der Waals surface area (Å²) < 4.78 is 0. The number of carbonyl (C=O) groups is 1. The van der Waals surface area contributed by atoms with E-state index in [1.54, 1.807) is 0 Å². The molecule has 3 nitrogen and oxygen atoms in total. The number of carboxylic acids is 1. The van der Waals surface area contributed by atoms with Gasteiger partial charge in [-0.25, -0.2) is 0 Å². The van der Waals surface area contributed by atoms with Gasteiger partial charge in [-0.2, -0.15) is 12.6 Å². The molecule has 10 heavy (non-hydrogen) atoms. The van der Waals surface area contributed by atoms with E-state index in [4.69, 9.17) is 22.4 Å². The Kier molecular flexibility index (Phi) is 11.5. The molecule has 0 rings (SSSR count). The zero-order chi connectivity index (χ0) is 8.57. The van der Waals surface area contributed by atoms with Gasteiger partial charge in [0.1, 0.15) is 6.04 Å². The van der Waals surface area contributed by atoms with Crippen LogP contribution in [0.15, 0.2) is 0 Å². The van der Waals surface area contributed by atoms with Gasteiger partial charge in [0.25, 0.3) is 0 Å². The molecule has 0 spiro atoms. The minimum Gasteiger partial charge on any atom is -0.480 e. The summed E-state index contributed by atoms with van der Waals surface area (Å²) in [6.45, 7) is 1.89. The molecule has 0 fully saturated rings. The van der Waals surface area contributed by atoms with E-state index in [0.29, 0.717) is 0 Å². The highest BCUT2D eigenvalue weighted by molar-refractivity contribution is 7.80. The molecule has 0 saturated heterocycles. The Bertz CT molecular complexity index is 91.7. The molecule has 0 aromatic heterocycles. The van der Waals surface area contributed by atoms with Crippen LogP contribution in [0, 0.1) is 0 Å². The van der Waals surface area contributed by atoms with E-state index < -0.39 is 12.0 Å². The Balaban J connectivity index is 0. The second-order valence-electron chi connectivity index (χ2n) is 1.39. The second-order valence-corrected chi connectivity index (χ2v) is 2.29. The fraction of sp³-hybridized carbons (Fsp3) is 0.800. The normalized spacial score (nSPS) is 11.2. The van der Waals surface area contributed by atoms with Gasteiger partial charge in [-0.05, 0) is 0 Å². The third-order valence-electron chi connectivity index (χ3n) is 0.514. The van der Waals surface area contributed by atoms with Gasteiger partial charge in [0.05, 0.1) is 0 Å². The second kappa shape index (κ2) is 9.07. The highest BCUT2D eigenvalue weighted by atomic mass is 35.5. The SMILES string of the molecule is CCCl.N[C@@H](CS)C(=O)O. The number of halogens is 1. The molecule has 0 aliphatic rings. The van der Waals surface area contributed by atoms with Gasteiger partial charge in [0.15, 0.2) is 0 Å². The van der Waals surface area contributed by atoms with Gasteiger partial charge >= 0.3 is 5.97 Å². The van der Waals surface area contributed by atoms with Crippen LogP contribution in [0.3, 0.4) is 0 Å². The zero-order valence-electron chi connectivity index (χ0n) is 5.75. The van der Waals surface area contributed by atoms with E-state index >= 15 is 0 Å². The van der Waals surface area contributed by atoms with E-state index in [1.165, 1.54) is 0 Å². The Hall–Kier alpha value is 0.0700. The molecule has 0 amide bonds. The molecule has 0 aromatic carbocycles. The van der Waals surface area contributed by atoms with Crippen LogP contribution in [0.25, 0.3) is 0 Å². The summed E-state index contributed by atoms with van der Waals surface area (Å²) >= 11 is 8.65. The number of nitrogens with two attached hydrogens (primary N) is 1. The number of hydrogen-bond donors (Lipinski definition) is 3. The number of thiol groups is 1. The van der Waals surface area contributed by atoms with Crippen LogP contribution in [-0.4, -0.2) is 28.8 Å². The number of aliphatic carboxylic acids is 1. The molecule has 62 valence electrons. The molecule has 0 saturated carbocycles. The fourth-order valence-electron chi connectivity index (χ4n) is 0.0781. The largest absolute Gasteiger partial charge is 0.480 e. The summed E-state index contributed by atoms with van der Waals surface area (Å²) in [5, 5.41) is 8.01. The van der Waals surface area contributed by atoms with Crippen LogP contribution in [0.2, 0.25) is 0 Å². The van der Waals surface area contributed by atoms with Crippen molar-refractivity contribution in [3.05, 3.63) is 0 Å². The lowest BCUT2D eigenvalue weighted by Gasteiger charge is -1.96. The van der Waals surface area contributed by atoms with Gasteiger partial charge in [0.2, 0.25) is 0 Å². The van der Waals surface area contributed by atoms with Crippen molar-refractivity contribution in [2.24, 2.45) is 5.73 Å². The predicted octanol–water partition coefficient (Wildman–Crippen LogP) is 0.573. The maximum absolute atomic E-state index is 9.76. The Morgan fingerprint density at radius 1 is 1.90 bits per heavy atom. The van der Waals surface area contributed by atoms with Crippen molar-refractivity contribution in [1.82, 2.24) is 0 Å². The molecule has 0 unspecified atom stereocenters. The maximum atomic E-state index is 9.76. The van der Waals surface area contributed by atoms with E-state index in [-0.39, 0.29) is 5.75 Å². The van der Waals surface area contributed by atoms with Crippen molar-refractivity contribution in [3.8, 4) is 0 Å². The average molecular weight is 186 g/mol. The number of hydrogen-bond acceptors (Lipinski definition) is 3. The third kappa shape index (κ3) is 10.9. The lowest BCUT2D eigenvalue weighted by Crippen LogP contribution is -2.31. The first kappa shape index (κ1) is 12.7. The smallest absolute Gasteiger partial charge is 0.321 e. The summed E-state index contributed by atoms with van der Waals surface area (Å²) in [6, 6.07) is -0.816. The maximum Gasteiger partial charge on any atom is 0.321 e. The quantitative estimate of drug-likeness (QED) is 0.436. The van der Waals surface area contributed by atoms with Crippen LogP contribution in [0.5, 0.6) is 0 Å². The summed E-state index contributed by atoms with van der Waals surface area (Å²) in [6.07, 6.45) is 0. The van der Waals surface area contributed by atoms with Crippen LogP contribution >= 0.6 is 24.2 Å². The molecular formula is C5H12ClNO2S. The van der Waals surface area contributed by atoms with Crippen LogP contribution in [0.4, 0.5) is 0 Å². The van der Waals surface area contributed by atoms with Crippen molar-refractivity contribution < 1.29 is 9.90 Å². The molecule has 0 radical (unpaired) electrons. The van der Waals surface area contributed by atoms with Crippen LogP contribution in [0.1, 0.15) is 6.92 Å². The zero-order valence-corrected chi connectivity index (χ0v) is 7.40.